The number of halogens is 1. The lowest BCUT2D eigenvalue weighted by molar-refractivity contribution is 0.373. The van der Waals surface area contributed by atoms with Crippen molar-refractivity contribution in [3.05, 3.63) is 40.8 Å². The lowest BCUT2D eigenvalue weighted by Crippen LogP contribution is -1.97. The van der Waals surface area contributed by atoms with Gasteiger partial charge < -0.3 is 9.84 Å². The summed E-state index contributed by atoms with van der Waals surface area (Å²) in [6.45, 7) is 1.73. The largest absolute Gasteiger partial charge is 0.504 e. The van der Waals surface area contributed by atoms with Crippen LogP contribution in [-0.2, 0) is 0 Å². The molecule has 0 unspecified atom stereocenters. The van der Waals surface area contributed by atoms with Crippen molar-refractivity contribution in [3.8, 4) is 11.5 Å². The minimum Gasteiger partial charge on any atom is -0.504 e. The maximum absolute atomic E-state index is 9.88. The van der Waals surface area contributed by atoms with Crippen molar-refractivity contribution in [2.45, 2.75) is 6.92 Å². The molecule has 0 aliphatic heterocycles. The fraction of sp³-hybridized carbons (Fsp3) is 0.154. The van der Waals surface area contributed by atoms with Crippen LogP contribution in [0.4, 0.5) is 5.82 Å². The molecule has 7 heteroatoms. The van der Waals surface area contributed by atoms with Gasteiger partial charge in [-0.15, -0.1) is 0 Å². The van der Waals surface area contributed by atoms with Gasteiger partial charge in [0, 0.05) is 11.6 Å². The molecule has 0 saturated heterocycles. The lowest BCUT2D eigenvalue weighted by Gasteiger charge is -2.05. The second-order valence-corrected chi connectivity index (χ2v) is 4.28. The van der Waals surface area contributed by atoms with Crippen LogP contribution >= 0.6 is 11.6 Å². The van der Waals surface area contributed by atoms with E-state index in [9.17, 15) is 5.11 Å². The van der Waals surface area contributed by atoms with Crippen molar-refractivity contribution in [3.63, 3.8) is 0 Å². The summed E-state index contributed by atoms with van der Waals surface area (Å²) in [5.41, 5.74) is 3.24. The predicted octanol–water partition coefficient (Wildman–Crippen LogP) is 2.60. The van der Waals surface area contributed by atoms with Crippen LogP contribution in [0.25, 0.3) is 0 Å². The lowest BCUT2D eigenvalue weighted by atomic mass is 10.2. The van der Waals surface area contributed by atoms with E-state index in [-0.39, 0.29) is 5.75 Å². The van der Waals surface area contributed by atoms with Gasteiger partial charge in [-0.05, 0) is 19.1 Å². The van der Waals surface area contributed by atoms with E-state index < -0.39 is 0 Å². The third-order valence-electron chi connectivity index (χ3n) is 2.44. The number of aromatic hydroxyl groups is 1. The first-order chi connectivity index (χ1) is 9.60. The number of anilines is 1. The Hall–Kier alpha value is -2.34. The van der Waals surface area contributed by atoms with Gasteiger partial charge in [0.05, 0.1) is 13.3 Å². The van der Waals surface area contributed by atoms with E-state index in [2.05, 4.69) is 20.5 Å². The summed E-state index contributed by atoms with van der Waals surface area (Å²) in [6.07, 6.45) is 1.46. The number of nitrogens with zero attached hydrogens (tertiary/aromatic N) is 3. The minimum absolute atomic E-state index is 0.0254. The van der Waals surface area contributed by atoms with E-state index in [1.165, 1.54) is 13.3 Å². The Morgan fingerprint density at radius 3 is 2.90 bits per heavy atom. The number of hydrogen-bond acceptors (Lipinski definition) is 6. The summed E-state index contributed by atoms with van der Waals surface area (Å²) in [7, 11) is 1.49. The number of phenols is 1. The Balaban J connectivity index is 2.14. The average molecular weight is 293 g/mol. The summed E-state index contributed by atoms with van der Waals surface area (Å²) in [5, 5.41) is 14.2. The molecular formula is C13H13ClN4O2. The first-order valence-corrected chi connectivity index (χ1v) is 6.14. The Kier molecular flexibility index (Phi) is 4.37. The van der Waals surface area contributed by atoms with Crippen LogP contribution in [0.1, 0.15) is 11.4 Å². The fourth-order valence-electron chi connectivity index (χ4n) is 1.56. The first kappa shape index (κ1) is 14.1. The zero-order valence-corrected chi connectivity index (χ0v) is 11.7. The molecule has 0 saturated carbocycles. The van der Waals surface area contributed by atoms with E-state index in [0.29, 0.717) is 28.1 Å². The molecule has 1 heterocycles. The van der Waals surface area contributed by atoms with Crippen molar-refractivity contribution in [2.75, 3.05) is 12.5 Å². The van der Waals surface area contributed by atoms with Gasteiger partial charge in [0.1, 0.15) is 11.0 Å². The van der Waals surface area contributed by atoms with Gasteiger partial charge in [0.15, 0.2) is 17.3 Å². The quantitative estimate of drug-likeness (QED) is 0.514. The molecule has 0 aliphatic rings. The summed E-state index contributed by atoms with van der Waals surface area (Å²) in [6, 6.07) is 6.68. The molecule has 2 rings (SSSR count). The van der Waals surface area contributed by atoms with E-state index in [1.54, 1.807) is 31.2 Å². The number of phenolic OH excluding ortho intramolecular Hbond substituents is 1. The smallest absolute Gasteiger partial charge is 0.166 e. The molecule has 0 amide bonds. The second-order valence-electron chi connectivity index (χ2n) is 3.89. The highest BCUT2D eigenvalue weighted by Gasteiger charge is 2.04. The first-order valence-electron chi connectivity index (χ1n) is 5.76. The van der Waals surface area contributed by atoms with Gasteiger partial charge in [-0.2, -0.15) is 5.10 Å². The van der Waals surface area contributed by atoms with E-state index in [4.69, 9.17) is 16.3 Å². The number of aryl methyl sites for hydroxylation is 1. The molecule has 6 nitrogen and oxygen atoms in total. The Morgan fingerprint density at radius 2 is 2.20 bits per heavy atom. The maximum atomic E-state index is 9.88. The molecule has 0 spiro atoms. The second kappa shape index (κ2) is 6.21. The number of hydrogen-bond donors (Lipinski definition) is 2. The number of para-hydroxylation sites is 1. The molecule has 0 radical (unpaired) electrons. The summed E-state index contributed by atoms with van der Waals surface area (Å²) >= 11 is 5.81. The maximum Gasteiger partial charge on any atom is 0.166 e. The molecule has 0 aliphatic carbocycles. The Labute approximate surface area is 121 Å². The third-order valence-corrected chi connectivity index (χ3v) is 2.63. The highest BCUT2D eigenvalue weighted by Crippen LogP contribution is 2.27. The molecule has 0 bridgehead atoms. The van der Waals surface area contributed by atoms with Gasteiger partial charge in [-0.3, -0.25) is 5.43 Å². The standard InChI is InChI=1S/C13H13ClN4O2/c1-8-16-11(14)6-12(17-8)18-15-7-9-4-3-5-10(20-2)13(9)19/h3-7,19H,1-2H3,(H,16,17,18)/b15-7-. The molecular weight excluding hydrogens is 280 g/mol. The van der Waals surface area contributed by atoms with Crippen molar-refractivity contribution in [2.24, 2.45) is 5.10 Å². The number of rotatable bonds is 4. The monoisotopic (exact) mass is 292 g/mol. The van der Waals surface area contributed by atoms with Crippen molar-refractivity contribution in [1.82, 2.24) is 9.97 Å². The van der Waals surface area contributed by atoms with E-state index in [0.717, 1.165) is 0 Å². The minimum atomic E-state index is 0.0254. The van der Waals surface area contributed by atoms with Crippen LogP contribution in [0.15, 0.2) is 29.4 Å². The fourth-order valence-corrected chi connectivity index (χ4v) is 1.79. The Bertz CT molecular complexity index is 626. The normalized spacial score (nSPS) is 10.8. The van der Waals surface area contributed by atoms with Gasteiger partial charge in [-0.25, -0.2) is 9.97 Å². The number of ether oxygens (including phenoxy) is 1. The van der Waals surface area contributed by atoms with E-state index >= 15 is 0 Å². The van der Waals surface area contributed by atoms with Crippen LogP contribution in [0.5, 0.6) is 11.5 Å². The van der Waals surface area contributed by atoms with Crippen molar-refractivity contribution < 1.29 is 9.84 Å². The number of aromatic nitrogens is 2. The van der Waals surface area contributed by atoms with Crippen LogP contribution in [-0.4, -0.2) is 28.4 Å². The molecule has 1 aromatic carbocycles. The molecule has 104 valence electrons. The average Bonchev–Trinajstić information content (AvgIpc) is 2.39. The van der Waals surface area contributed by atoms with E-state index in [1.807, 2.05) is 0 Å². The topological polar surface area (TPSA) is 79.6 Å². The van der Waals surface area contributed by atoms with Crippen LogP contribution in [0.3, 0.4) is 0 Å². The van der Waals surface area contributed by atoms with Crippen molar-refractivity contribution >= 4 is 23.6 Å². The predicted molar refractivity (Wildman–Crippen MR) is 77.7 cm³/mol. The van der Waals surface area contributed by atoms with Crippen molar-refractivity contribution in [1.29, 1.82) is 0 Å². The zero-order valence-electron chi connectivity index (χ0n) is 11.0. The third kappa shape index (κ3) is 3.36. The SMILES string of the molecule is COc1cccc(/C=N\Nc2cc(Cl)nc(C)n2)c1O. The molecule has 1 aromatic heterocycles. The van der Waals surface area contributed by atoms with Gasteiger partial charge >= 0.3 is 0 Å². The Morgan fingerprint density at radius 1 is 1.40 bits per heavy atom. The van der Waals surface area contributed by atoms with Crippen LogP contribution < -0.4 is 10.2 Å². The number of methoxy groups -OCH3 is 1. The van der Waals surface area contributed by atoms with Gasteiger partial charge in [0.2, 0.25) is 0 Å². The van der Waals surface area contributed by atoms with Gasteiger partial charge in [-0.1, -0.05) is 17.7 Å². The van der Waals surface area contributed by atoms with Crippen LogP contribution in [0, 0.1) is 6.92 Å². The summed E-state index contributed by atoms with van der Waals surface area (Å²) in [5.74, 6) is 1.42. The van der Waals surface area contributed by atoms with Crippen LogP contribution in [0.2, 0.25) is 5.15 Å². The number of nitrogens with one attached hydrogen (secondary N) is 1. The highest BCUT2D eigenvalue weighted by molar-refractivity contribution is 6.29. The molecule has 0 atom stereocenters. The molecule has 20 heavy (non-hydrogen) atoms. The highest BCUT2D eigenvalue weighted by atomic mass is 35.5. The molecule has 0 fully saturated rings. The zero-order chi connectivity index (χ0) is 14.5. The summed E-state index contributed by atoms with van der Waals surface area (Å²) < 4.78 is 5.01. The summed E-state index contributed by atoms with van der Waals surface area (Å²) in [4.78, 5) is 8.06. The number of hydrazone groups is 1. The molecule has 2 aromatic rings. The van der Waals surface area contributed by atoms with Gasteiger partial charge in [0.25, 0.3) is 0 Å². The molecule has 2 N–H and O–H groups in total. The number of benzene rings is 1.